The van der Waals surface area contributed by atoms with E-state index in [9.17, 15) is 9.65 Å². The molecule has 3 heterocycles. The number of hydrogen-bond donors (Lipinski definition) is 0. The Morgan fingerprint density at radius 1 is 1.24 bits per heavy atom. The standard InChI is InChI=1S/C20H21FN4/c1-14-4-5-16(12-22)18(11-14)25-10-7-15-6-9-24(13-19(15)25)20-17(21)3-2-8-23-20/h2-5,8,11,15,19H,6-7,9-10,13H2,1H3. The van der Waals surface area contributed by atoms with E-state index in [1.54, 1.807) is 12.3 Å². The van der Waals surface area contributed by atoms with Gasteiger partial charge in [-0.2, -0.15) is 5.26 Å². The molecule has 2 aliphatic heterocycles. The number of anilines is 2. The summed E-state index contributed by atoms with van der Waals surface area (Å²) in [5.74, 6) is 0.770. The van der Waals surface area contributed by atoms with E-state index in [1.165, 1.54) is 6.07 Å². The highest BCUT2D eigenvalue weighted by Gasteiger charge is 2.39. The molecule has 0 spiro atoms. The van der Waals surface area contributed by atoms with Crippen molar-refractivity contribution in [3.63, 3.8) is 0 Å². The van der Waals surface area contributed by atoms with E-state index in [4.69, 9.17) is 0 Å². The molecule has 0 amide bonds. The van der Waals surface area contributed by atoms with Gasteiger partial charge in [-0.05, 0) is 55.5 Å². The van der Waals surface area contributed by atoms with Crippen LogP contribution in [0.3, 0.4) is 0 Å². The van der Waals surface area contributed by atoms with E-state index in [-0.39, 0.29) is 5.82 Å². The van der Waals surface area contributed by atoms with Crippen molar-refractivity contribution in [3.8, 4) is 6.07 Å². The summed E-state index contributed by atoms with van der Waals surface area (Å²) in [6, 6.07) is 11.7. The fourth-order valence-electron chi connectivity index (χ4n) is 4.22. The molecule has 25 heavy (non-hydrogen) atoms. The predicted molar refractivity (Wildman–Crippen MR) is 96.2 cm³/mol. The van der Waals surface area contributed by atoms with Crippen LogP contribution in [0.2, 0.25) is 0 Å². The number of nitriles is 1. The maximum atomic E-state index is 14.1. The van der Waals surface area contributed by atoms with Gasteiger partial charge in [0, 0.05) is 31.9 Å². The van der Waals surface area contributed by atoms with Gasteiger partial charge >= 0.3 is 0 Å². The fraction of sp³-hybridized carbons (Fsp3) is 0.400. The number of aryl methyl sites for hydroxylation is 1. The summed E-state index contributed by atoms with van der Waals surface area (Å²) in [5, 5.41) is 9.49. The first-order valence-corrected chi connectivity index (χ1v) is 8.80. The summed E-state index contributed by atoms with van der Waals surface area (Å²) in [7, 11) is 0. The van der Waals surface area contributed by atoms with Crippen molar-refractivity contribution >= 4 is 11.5 Å². The monoisotopic (exact) mass is 336 g/mol. The highest BCUT2D eigenvalue weighted by atomic mass is 19.1. The smallest absolute Gasteiger partial charge is 0.165 e. The predicted octanol–water partition coefficient (Wildman–Crippen LogP) is 3.51. The minimum absolute atomic E-state index is 0.265. The van der Waals surface area contributed by atoms with E-state index in [0.717, 1.165) is 43.7 Å². The third-order valence-corrected chi connectivity index (χ3v) is 5.48. The van der Waals surface area contributed by atoms with E-state index < -0.39 is 0 Å². The minimum Gasteiger partial charge on any atom is -0.365 e. The molecule has 2 atom stereocenters. The highest BCUT2D eigenvalue weighted by molar-refractivity contribution is 5.62. The Morgan fingerprint density at radius 3 is 2.88 bits per heavy atom. The normalized spacial score (nSPS) is 22.6. The second kappa shape index (κ2) is 6.36. The first kappa shape index (κ1) is 15.9. The van der Waals surface area contributed by atoms with Crippen molar-refractivity contribution in [2.24, 2.45) is 5.92 Å². The van der Waals surface area contributed by atoms with Crippen molar-refractivity contribution in [1.29, 1.82) is 5.26 Å². The Morgan fingerprint density at radius 2 is 2.08 bits per heavy atom. The van der Waals surface area contributed by atoms with Gasteiger partial charge in [-0.1, -0.05) is 6.07 Å². The molecular formula is C20H21FN4. The van der Waals surface area contributed by atoms with Gasteiger partial charge in [-0.3, -0.25) is 0 Å². The van der Waals surface area contributed by atoms with Gasteiger partial charge in [0.05, 0.1) is 11.3 Å². The van der Waals surface area contributed by atoms with Gasteiger partial charge in [0.1, 0.15) is 6.07 Å². The molecule has 0 aliphatic carbocycles. The van der Waals surface area contributed by atoms with E-state index >= 15 is 0 Å². The lowest BCUT2D eigenvalue weighted by atomic mass is 9.92. The van der Waals surface area contributed by atoms with Crippen LogP contribution in [-0.2, 0) is 0 Å². The molecule has 128 valence electrons. The molecule has 4 rings (SSSR count). The average Bonchev–Trinajstić information content (AvgIpc) is 3.05. The van der Waals surface area contributed by atoms with Crippen molar-refractivity contribution in [3.05, 3.63) is 53.5 Å². The van der Waals surface area contributed by atoms with Crippen molar-refractivity contribution < 1.29 is 4.39 Å². The summed E-state index contributed by atoms with van der Waals surface area (Å²) >= 11 is 0. The molecule has 0 N–H and O–H groups in total. The van der Waals surface area contributed by atoms with Crippen molar-refractivity contribution in [1.82, 2.24) is 4.98 Å². The van der Waals surface area contributed by atoms with Crippen LogP contribution in [0.1, 0.15) is 24.0 Å². The summed E-state index contributed by atoms with van der Waals surface area (Å²) in [6.07, 6.45) is 3.80. The van der Waals surface area contributed by atoms with Gasteiger partial charge in [0.25, 0.3) is 0 Å². The van der Waals surface area contributed by atoms with Crippen LogP contribution in [0.15, 0.2) is 36.5 Å². The van der Waals surface area contributed by atoms with Crippen molar-refractivity contribution in [2.75, 3.05) is 29.4 Å². The topological polar surface area (TPSA) is 43.2 Å². The molecule has 2 fully saturated rings. The number of nitrogens with zero attached hydrogens (tertiary/aromatic N) is 4. The van der Waals surface area contributed by atoms with Crippen LogP contribution in [0.4, 0.5) is 15.9 Å². The number of aromatic nitrogens is 1. The second-order valence-corrected chi connectivity index (χ2v) is 6.99. The quantitative estimate of drug-likeness (QED) is 0.842. The summed E-state index contributed by atoms with van der Waals surface area (Å²) in [5.41, 5.74) is 2.88. The number of halogens is 1. The van der Waals surface area contributed by atoms with Gasteiger partial charge in [0.2, 0.25) is 0 Å². The molecule has 2 aromatic rings. The Labute approximate surface area is 147 Å². The lowest BCUT2D eigenvalue weighted by Gasteiger charge is -2.40. The molecule has 1 aromatic carbocycles. The van der Waals surface area contributed by atoms with Gasteiger partial charge in [-0.25, -0.2) is 9.37 Å². The van der Waals surface area contributed by atoms with Gasteiger partial charge in [-0.15, -0.1) is 0 Å². The first-order valence-electron chi connectivity index (χ1n) is 8.80. The van der Waals surface area contributed by atoms with Crippen LogP contribution in [-0.4, -0.2) is 30.7 Å². The van der Waals surface area contributed by atoms with Gasteiger partial charge < -0.3 is 9.80 Å². The van der Waals surface area contributed by atoms with Crippen LogP contribution in [0.5, 0.6) is 0 Å². The Kier molecular flexibility index (Phi) is 4.04. The second-order valence-electron chi connectivity index (χ2n) is 6.99. The Balaban J connectivity index is 1.64. The Bertz CT molecular complexity index is 829. The fourth-order valence-corrected chi connectivity index (χ4v) is 4.22. The maximum absolute atomic E-state index is 14.1. The third-order valence-electron chi connectivity index (χ3n) is 5.48. The number of benzene rings is 1. The molecule has 4 nitrogen and oxygen atoms in total. The third kappa shape index (κ3) is 2.82. The number of piperidine rings is 1. The maximum Gasteiger partial charge on any atom is 0.165 e. The van der Waals surface area contributed by atoms with Crippen LogP contribution in [0.25, 0.3) is 0 Å². The van der Waals surface area contributed by atoms with Gasteiger partial charge in [0.15, 0.2) is 11.6 Å². The van der Waals surface area contributed by atoms with E-state index in [1.807, 2.05) is 12.1 Å². The lowest BCUT2D eigenvalue weighted by Crippen LogP contribution is -2.49. The SMILES string of the molecule is Cc1ccc(C#N)c(N2CCC3CCN(c4ncccc4F)CC32)c1. The van der Waals surface area contributed by atoms with E-state index in [0.29, 0.717) is 23.3 Å². The molecule has 2 unspecified atom stereocenters. The zero-order chi connectivity index (χ0) is 17.4. The number of rotatable bonds is 2. The zero-order valence-corrected chi connectivity index (χ0v) is 14.3. The number of pyridine rings is 1. The first-order chi connectivity index (χ1) is 12.2. The minimum atomic E-state index is -0.265. The molecular weight excluding hydrogens is 315 g/mol. The molecule has 0 saturated carbocycles. The number of hydrogen-bond acceptors (Lipinski definition) is 4. The molecule has 1 aromatic heterocycles. The molecule has 0 bridgehead atoms. The Hall–Kier alpha value is -2.61. The summed E-state index contributed by atoms with van der Waals surface area (Å²) in [6.45, 7) is 4.58. The van der Waals surface area contributed by atoms with Crippen molar-refractivity contribution in [2.45, 2.75) is 25.8 Å². The largest absolute Gasteiger partial charge is 0.365 e. The summed E-state index contributed by atoms with van der Waals surface area (Å²) < 4.78 is 14.1. The van der Waals surface area contributed by atoms with Crippen LogP contribution in [0, 0.1) is 30.0 Å². The number of fused-ring (bicyclic) bond motifs is 1. The molecule has 5 heteroatoms. The molecule has 2 aliphatic rings. The van der Waals surface area contributed by atoms with Crippen LogP contribution >= 0.6 is 0 Å². The molecule has 2 saturated heterocycles. The summed E-state index contributed by atoms with van der Waals surface area (Å²) in [4.78, 5) is 8.64. The average molecular weight is 336 g/mol. The molecule has 0 radical (unpaired) electrons. The van der Waals surface area contributed by atoms with E-state index in [2.05, 4.69) is 33.8 Å². The van der Waals surface area contributed by atoms with Crippen LogP contribution < -0.4 is 9.80 Å². The lowest BCUT2D eigenvalue weighted by molar-refractivity contribution is 0.386. The zero-order valence-electron chi connectivity index (χ0n) is 14.3. The highest BCUT2D eigenvalue weighted by Crippen LogP contribution is 2.38.